The van der Waals surface area contributed by atoms with Crippen LogP contribution in [0.2, 0.25) is 0 Å². The average Bonchev–Trinajstić information content (AvgIpc) is 3.11. The second kappa shape index (κ2) is 5.91. The van der Waals surface area contributed by atoms with E-state index in [1.807, 2.05) is 0 Å². The standard InChI is InChI=1S/C14H16F3N5O2/c1-7-18-11(21-24-7)6-22(2)13(23)8-3-4-10-9(5-8)12(20-19-10)14(15,16)17/h8H,3-6H2,1-2H3,(H,19,20)/t8-/m0/s1. The Kier molecular flexibility index (Phi) is 4.06. The summed E-state index contributed by atoms with van der Waals surface area (Å²) in [4.78, 5) is 18.0. The van der Waals surface area contributed by atoms with Crippen molar-refractivity contribution in [2.45, 2.75) is 38.9 Å². The summed E-state index contributed by atoms with van der Waals surface area (Å²) in [6, 6.07) is 0. The molecule has 1 amide bonds. The van der Waals surface area contributed by atoms with E-state index in [0.717, 1.165) is 0 Å². The predicted octanol–water partition coefficient (Wildman–Crippen LogP) is 1.88. The van der Waals surface area contributed by atoms with Gasteiger partial charge in [0, 0.05) is 31.1 Å². The van der Waals surface area contributed by atoms with E-state index >= 15 is 0 Å². The summed E-state index contributed by atoms with van der Waals surface area (Å²) in [6.45, 7) is 1.79. The van der Waals surface area contributed by atoms with Gasteiger partial charge >= 0.3 is 6.18 Å². The van der Waals surface area contributed by atoms with Gasteiger partial charge in [0.05, 0.1) is 6.54 Å². The van der Waals surface area contributed by atoms with Gasteiger partial charge < -0.3 is 9.42 Å². The van der Waals surface area contributed by atoms with Crippen LogP contribution in [-0.2, 0) is 30.4 Å². The molecule has 1 aliphatic rings. The van der Waals surface area contributed by atoms with Crippen LogP contribution >= 0.6 is 0 Å². The predicted molar refractivity (Wildman–Crippen MR) is 74.6 cm³/mol. The zero-order valence-electron chi connectivity index (χ0n) is 13.1. The lowest BCUT2D eigenvalue weighted by Crippen LogP contribution is -2.36. The van der Waals surface area contributed by atoms with Crippen molar-refractivity contribution in [3.05, 3.63) is 28.7 Å². The molecule has 0 fully saturated rings. The average molecular weight is 343 g/mol. The molecular formula is C14H16F3N5O2. The number of hydrogen-bond donors (Lipinski definition) is 1. The Balaban J connectivity index is 1.72. The third-order valence-corrected chi connectivity index (χ3v) is 4.09. The monoisotopic (exact) mass is 343 g/mol. The second-order valence-corrected chi connectivity index (χ2v) is 5.89. The number of aromatic nitrogens is 4. The van der Waals surface area contributed by atoms with Crippen LogP contribution in [0.25, 0.3) is 0 Å². The molecule has 0 saturated heterocycles. The van der Waals surface area contributed by atoms with Crippen LogP contribution in [0.5, 0.6) is 0 Å². The molecule has 7 nitrogen and oxygen atoms in total. The maximum atomic E-state index is 13.0. The molecule has 2 aromatic heterocycles. The molecule has 1 N–H and O–H groups in total. The van der Waals surface area contributed by atoms with Gasteiger partial charge in [-0.25, -0.2) is 0 Å². The first-order valence-electron chi connectivity index (χ1n) is 7.43. The van der Waals surface area contributed by atoms with Gasteiger partial charge in [0.2, 0.25) is 11.8 Å². The molecule has 0 aromatic carbocycles. The minimum Gasteiger partial charge on any atom is -0.340 e. The van der Waals surface area contributed by atoms with E-state index in [-0.39, 0.29) is 24.4 Å². The number of rotatable bonds is 3. The van der Waals surface area contributed by atoms with Crippen molar-refractivity contribution < 1.29 is 22.5 Å². The van der Waals surface area contributed by atoms with E-state index in [4.69, 9.17) is 4.52 Å². The summed E-state index contributed by atoms with van der Waals surface area (Å²) in [5.41, 5.74) is -0.370. The number of alkyl halides is 3. The summed E-state index contributed by atoms with van der Waals surface area (Å²) < 4.78 is 43.8. The first-order valence-corrected chi connectivity index (χ1v) is 7.43. The van der Waals surface area contributed by atoms with Gasteiger partial charge in [-0.1, -0.05) is 5.16 Å². The maximum absolute atomic E-state index is 13.0. The molecule has 2 heterocycles. The van der Waals surface area contributed by atoms with Crippen molar-refractivity contribution >= 4 is 5.91 Å². The van der Waals surface area contributed by atoms with Crippen LogP contribution < -0.4 is 0 Å². The summed E-state index contributed by atoms with van der Waals surface area (Å²) >= 11 is 0. The van der Waals surface area contributed by atoms with E-state index in [1.54, 1.807) is 14.0 Å². The van der Waals surface area contributed by atoms with Crippen LogP contribution in [-0.4, -0.2) is 38.2 Å². The Hall–Kier alpha value is -2.39. The highest BCUT2D eigenvalue weighted by atomic mass is 19.4. The van der Waals surface area contributed by atoms with Crippen molar-refractivity contribution in [1.29, 1.82) is 0 Å². The largest absolute Gasteiger partial charge is 0.435 e. The zero-order chi connectivity index (χ0) is 17.5. The molecule has 24 heavy (non-hydrogen) atoms. The minimum absolute atomic E-state index is 0.0229. The fraction of sp³-hybridized carbons (Fsp3) is 0.571. The van der Waals surface area contributed by atoms with Crippen LogP contribution in [0.15, 0.2) is 4.52 Å². The second-order valence-electron chi connectivity index (χ2n) is 5.89. The first kappa shape index (κ1) is 16.5. The molecule has 130 valence electrons. The molecule has 0 aliphatic heterocycles. The van der Waals surface area contributed by atoms with Gasteiger partial charge in [-0.15, -0.1) is 0 Å². The van der Waals surface area contributed by atoms with E-state index in [9.17, 15) is 18.0 Å². The number of nitrogens with zero attached hydrogens (tertiary/aromatic N) is 4. The highest BCUT2D eigenvalue weighted by Crippen LogP contribution is 2.36. The van der Waals surface area contributed by atoms with Crippen molar-refractivity contribution in [2.24, 2.45) is 5.92 Å². The quantitative estimate of drug-likeness (QED) is 0.919. The Labute approximate surface area is 135 Å². The number of aryl methyl sites for hydroxylation is 2. The number of aromatic amines is 1. The van der Waals surface area contributed by atoms with Crippen LogP contribution in [0.1, 0.15) is 35.1 Å². The summed E-state index contributed by atoms with van der Waals surface area (Å²) in [5.74, 6) is -0.00728. The molecule has 3 rings (SSSR count). The number of carbonyl (C=O) groups is 1. The molecule has 0 unspecified atom stereocenters. The Morgan fingerprint density at radius 2 is 2.21 bits per heavy atom. The van der Waals surface area contributed by atoms with Crippen LogP contribution in [0.3, 0.4) is 0 Å². The molecule has 0 radical (unpaired) electrons. The Morgan fingerprint density at radius 1 is 1.46 bits per heavy atom. The van der Waals surface area contributed by atoms with Gasteiger partial charge in [-0.2, -0.15) is 23.3 Å². The number of halogens is 3. The van der Waals surface area contributed by atoms with Crippen molar-refractivity contribution in [3.8, 4) is 0 Å². The van der Waals surface area contributed by atoms with Gasteiger partial charge in [-0.05, 0) is 19.3 Å². The van der Waals surface area contributed by atoms with Gasteiger partial charge in [-0.3, -0.25) is 9.89 Å². The van der Waals surface area contributed by atoms with Crippen LogP contribution in [0.4, 0.5) is 13.2 Å². The number of nitrogens with one attached hydrogen (secondary N) is 1. The third kappa shape index (κ3) is 3.13. The summed E-state index contributed by atoms with van der Waals surface area (Å²) in [6.07, 6.45) is -3.66. The molecule has 1 atom stereocenters. The van der Waals surface area contributed by atoms with Crippen molar-refractivity contribution in [3.63, 3.8) is 0 Å². The lowest BCUT2D eigenvalue weighted by atomic mass is 9.85. The minimum atomic E-state index is -4.52. The smallest absolute Gasteiger partial charge is 0.340 e. The summed E-state index contributed by atoms with van der Waals surface area (Å²) in [7, 11) is 1.57. The number of H-pyrrole nitrogens is 1. The number of carbonyl (C=O) groups excluding carboxylic acids is 1. The van der Waals surface area contributed by atoms with E-state index in [1.165, 1.54) is 4.90 Å². The van der Waals surface area contributed by atoms with E-state index in [2.05, 4.69) is 20.3 Å². The van der Waals surface area contributed by atoms with Crippen molar-refractivity contribution in [1.82, 2.24) is 25.2 Å². The fourth-order valence-electron chi connectivity index (χ4n) is 2.95. The lowest BCUT2D eigenvalue weighted by molar-refractivity contribution is -0.142. The third-order valence-electron chi connectivity index (χ3n) is 4.09. The topological polar surface area (TPSA) is 87.9 Å². The molecular weight excluding hydrogens is 327 g/mol. The first-order chi connectivity index (χ1) is 11.3. The highest BCUT2D eigenvalue weighted by Gasteiger charge is 2.40. The number of amides is 1. The maximum Gasteiger partial charge on any atom is 0.435 e. The SMILES string of the molecule is Cc1nc(CN(C)C(=O)[C@H]2CCc3[nH]nc(C(F)(F)F)c3C2)no1. The number of hydrogen-bond acceptors (Lipinski definition) is 5. The highest BCUT2D eigenvalue weighted by molar-refractivity contribution is 5.79. The number of fused-ring (bicyclic) bond motifs is 1. The van der Waals surface area contributed by atoms with E-state index in [0.29, 0.717) is 30.3 Å². The van der Waals surface area contributed by atoms with Gasteiger partial charge in [0.15, 0.2) is 11.5 Å². The molecule has 0 bridgehead atoms. The summed E-state index contributed by atoms with van der Waals surface area (Å²) in [5, 5.41) is 9.52. The van der Waals surface area contributed by atoms with Crippen LogP contribution in [0, 0.1) is 12.8 Å². The Bertz CT molecular complexity index is 752. The molecule has 2 aromatic rings. The molecule has 0 spiro atoms. The molecule has 1 aliphatic carbocycles. The molecule has 0 saturated carbocycles. The van der Waals surface area contributed by atoms with E-state index < -0.39 is 17.8 Å². The van der Waals surface area contributed by atoms with Crippen molar-refractivity contribution in [2.75, 3.05) is 7.05 Å². The fourth-order valence-corrected chi connectivity index (χ4v) is 2.95. The normalized spacial score (nSPS) is 17.6. The van der Waals surface area contributed by atoms with Gasteiger partial charge in [0.25, 0.3) is 0 Å². The lowest BCUT2D eigenvalue weighted by Gasteiger charge is -2.26. The Morgan fingerprint density at radius 3 is 2.83 bits per heavy atom. The zero-order valence-corrected chi connectivity index (χ0v) is 13.1. The molecule has 10 heteroatoms. The van der Waals surface area contributed by atoms with Gasteiger partial charge in [0.1, 0.15) is 0 Å².